The molecule has 11 nitrogen and oxygen atoms in total. The molecule has 0 bridgehead atoms. The van der Waals surface area contributed by atoms with Crippen molar-refractivity contribution in [2.24, 2.45) is 0 Å². The van der Waals surface area contributed by atoms with Gasteiger partial charge >= 0.3 is 5.97 Å². The van der Waals surface area contributed by atoms with Crippen LogP contribution in [-0.4, -0.2) is 71.4 Å². The molecule has 0 aliphatic heterocycles. The third-order valence-corrected chi connectivity index (χ3v) is 5.18. The molecule has 11 heteroatoms. The molecule has 2 N–H and O–H groups in total. The van der Waals surface area contributed by atoms with E-state index >= 15 is 0 Å². The molecule has 0 saturated carbocycles. The first-order chi connectivity index (χ1) is 18.6. The maximum absolute atomic E-state index is 13.3. The van der Waals surface area contributed by atoms with Crippen LogP contribution < -0.4 is 29.0 Å². The molecule has 0 aliphatic rings. The summed E-state index contributed by atoms with van der Waals surface area (Å²) in [5.74, 6) is -1.24. The standard InChI is InChI=1S/C24H27NO6.C4H4O4/c1-25(2)13-15-31-23-20(19(26)11-8-16-6-9-17(27-3)10-7-16)21(28-4)18-12-14-30-22(18)24(23)29-5;5-3(6)1-2-4(7)8/h6-12,14H,13,15H2,1-5H3;1-2H,(H,5,6)(H,7,8)/b11-8+;2-1-. The molecule has 39 heavy (non-hydrogen) atoms. The summed E-state index contributed by atoms with van der Waals surface area (Å²) < 4.78 is 28.0. The molecule has 0 radical (unpaired) electrons. The number of ketones is 1. The van der Waals surface area contributed by atoms with Crippen LogP contribution in [0, 0.1) is 0 Å². The van der Waals surface area contributed by atoms with Crippen LogP contribution in [0.25, 0.3) is 17.0 Å². The Morgan fingerprint density at radius 3 is 2.10 bits per heavy atom. The summed E-state index contributed by atoms with van der Waals surface area (Å²) in [5, 5.41) is 17.9. The summed E-state index contributed by atoms with van der Waals surface area (Å²) in [4.78, 5) is 33.5. The fourth-order valence-corrected chi connectivity index (χ4v) is 3.34. The van der Waals surface area contributed by atoms with Gasteiger partial charge < -0.3 is 43.3 Å². The molecule has 0 amide bonds. The van der Waals surface area contributed by atoms with Gasteiger partial charge in [-0.3, -0.25) is 4.79 Å². The van der Waals surface area contributed by atoms with E-state index in [0.717, 1.165) is 17.9 Å². The number of ether oxygens (including phenoxy) is 4. The minimum atomic E-state index is -1.51. The number of carbonyl (C=O) groups is 3. The van der Waals surface area contributed by atoms with Crippen LogP contribution in [0.5, 0.6) is 23.0 Å². The van der Waals surface area contributed by atoms with E-state index in [-0.39, 0.29) is 5.78 Å². The molecule has 208 valence electrons. The van der Waals surface area contributed by atoms with Crippen LogP contribution >= 0.6 is 0 Å². The first-order valence-corrected chi connectivity index (χ1v) is 11.7. The van der Waals surface area contributed by atoms with Crippen LogP contribution in [0.2, 0.25) is 0 Å². The maximum atomic E-state index is 13.3. The highest BCUT2D eigenvalue weighted by molar-refractivity contribution is 6.15. The lowest BCUT2D eigenvalue weighted by Crippen LogP contribution is -3.06. The molecule has 0 fully saturated rings. The van der Waals surface area contributed by atoms with Gasteiger partial charge in [0, 0.05) is 6.08 Å². The number of hydrogen-bond donors (Lipinski definition) is 2. The number of carboxylic acids is 2. The molecule has 1 aromatic heterocycles. The Morgan fingerprint density at radius 2 is 1.59 bits per heavy atom. The van der Waals surface area contributed by atoms with Crippen LogP contribution in [0.3, 0.4) is 0 Å². The van der Waals surface area contributed by atoms with Gasteiger partial charge in [-0.05, 0) is 35.9 Å². The van der Waals surface area contributed by atoms with Gasteiger partial charge in [-0.1, -0.05) is 18.2 Å². The molecule has 2 aromatic carbocycles. The number of hydrogen-bond acceptors (Lipinski definition) is 9. The Hall–Kier alpha value is -4.77. The van der Waals surface area contributed by atoms with Crippen molar-refractivity contribution in [3.05, 3.63) is 65.9 Å². The second kappa shape index (κ2) is 14.8. The molecule has 3 aromatic rings. The maximum Gasteiger partial charge on any atom is 0.328 e. The lowest BCUT2D eigenvalue weighted by Gasteiger charge is -2.18. The second-order valence-corrected chi connectivity index (χ2v) is 8.20. The van der Waals surface area contributed by atoms with E-state index in [9.17, 15) is 19.5 Å². The summed E-state index contributed by atoms with van der Waals surface area (Å²) in [6.07, 6.45) is 5.71. The smallest absolute Gasteiger partial charge is 0.328 e. The number of quaternary nitrogens is 1. The molecule has 0 saturated heterocycles. The predicted octanol–water partition coefficient (Wildman–Crippen LogP) is 1.26. The summed E-state index contributed by atoms with van der Waals surface area (Å²) in [6.45, 7) is 1.15. The Labute approximate surface area is 225 Å². The number of allylic oxidation sites excluding steroid dienone is 1. The Balaban J connectivity index is 0.000000580. The highest BCUT2D eigenvalue weighted by atomic mass is 16.5. The summed E-state index contributed by atoms with van der Waals surface area (Å²) >= 11 is 0. The molecular formula is C28H31NO10. The van der Waals surface area contributed by atoms with E-state index in [1.54, 1.807) is 19.3 Å². The van der Waals surface area contributed by atoms with Crippen molar-refractivity contribution in [3.63, 3.8) is 0 Å². The monoisotopic (exact) mass is 541 g/mol. The van der Waals surface area contributed by atoms with Gasteiger partial charge in [-0.15, -0.1) is 0 Å². The van der Waals surface area contributed by atoms with E-state index in [4.69, 9.17) is 28.5 Å². The number of nitrogens with one attached hydrogen (secondary N) is 1. The molecule has 0 atom stereocenters. The third-order valence-electron chi connectivity index (χ3n) is 5.18. The zero-order valence-electron chi connectivity index (χ0n) is 22.3. The quantitative estimate of drug-likeness (QED) is 0.253. The van der Waals surface area contributed by atoms with E-state index in [1.165, 1.54) is 31.5 Å². The average Bonchev–Trinajstić information content (AvgIpc) is 3.39. The van der Waals surface area contributed by atoms with Gasteiger partial charge in [-0.25, -0.2) is 4.79 Å². The Bertz CT molecular complexity index is 1320. The van der Waals surface area contributed by atoms with Crippen LogP contribution in [0.15, 0.2) is 59.2 Å². The van der Waals surface area contributed by atoms with Gasteiger partial charge in [0.2, 0.25) is 5.75 Å². The normalized spacial score (nSPS) is 10.9. The van der Waals surface area contributed by atoms with Crippen molar-refractivity contribution in [1.82, 2.24) is 0 Å². The van der Waals surface area contributed by atoms with Gasteiger partial charge in [0.15, 0.2) is 17.1 Å². The van der Waals surface area contributed by atoms with Gasteiger partial charge in [0.25, 0.3) is 0 Å². The van der Waals surface area contributed by atoms with Gasteiger partial charge in [0.1, 0.15) is 30.2 Å². The van der Waals surface area contributed by atoms with Crippen molar-refractivity contribution in [3.8, 4) is 23.0 Å². The van der Waals surface area contributed by atoms with E-state index < -0.39 is 11.9 Å². The number of benzene rings is 2. The van der Waals surface area contributed by atoms with Crippen molar-refractivity contribution in [1.29, 1.82) is 0 Å². The fraction of sp³-hybridized carbons (Fsp3) is 0.250. The zero-order valence-corrected chi connectivity index (χ0v) is 22.3. The van der Waals surface area contributed by atoms with Crippen molar-refractivity contribution < 1.29 is 52.9 Å². The second-order valence-electron chi connectivity index (χ2n) is 8.20. The molecule has 3 rings (SSSR count). The lowest BCUT2D eigenvalue weighted by molar-refractivity contribution is -0.858. The predicted molar refractivity (Wildman–Crippen MR) is 141 cm³/mol. The Morgan fingerprint density at radius 1 is 0.923 bits per heavy atom. The molecule has 0 spiro atoms. The first kappa shape index (κ1) is 30.5. The van der Waals surface area contributed by atoms with Crippen LogP contribution in [0.4, 0.5) is 0 Å². The Kier molecular flexibility index (Phi) is 11.6. The number of furan rings is 1. The summed E-state index contributed by atoms with van der Waals surface area (Å²) in [7, 11) is 8.71. The number of likely N-dealkylation sites (N-methyl/N-ethyl adjacent to an activating group) is 1. The van der Waals surface area contributed by atoms with Crippen molar-refractivity contribution >= 4 is 34.8 Å². The topological polar surface area (TPSA) is 149 Å². The van der Waals surface area contributed by atoms with Crippen LogP contribution in [-0.2, 0) is 9.59 Å². The third kappa shape index (κ3) is 8.64. The number of methoxy groups -OCH3 is 3. The first-order valence-electron chi connectivity index (χ1n) is 11.7. The van der Waals surface area contributed by atoms with E-state index in [1.807, 2.05) is 38.4 Å². The zero-order chi connectivity index (χ0) is 28.9. The number of carboxylic acid groups (broad SMARTS) is 2. The molecule has 0 unspecified atom stereocenters. The van der Waals surface area contributed by atoms with Crippen LogP contribution in [0.1, 0.15) is 15.9 Å². The summed E-state index contributed by atoms with van der Waals surface area (Å²) in [6, 6.07) is 9.16. The SMILES string of the molecule is COc1ccc(/C=C/C(=O)c2c(OCC[NH+](C)C)c(OC)c3occc3c2OC)cc1.O=C([O-])/C=C\C(=O)O. The number of aliphatic carboxylic acids is 2. The number of carbonyl (C=O) groups excluding carboxylic acids is 2. The highest BCUT2D eigenvalue weighted by Gasteiger charge is 2.28. The minimum absolute atomic E-state index is 0.263. The number of rotatable bonds is 12. The highest BCUT2D eigenvalue weighted by Crippen LogP contribution is 2.46. The minimum Gasteiger partial charge on any atom is -0.545 e. The molecular weight excluding hydrogens is 510 g/mol. The van der Waals surface area contributed by atoms with Crippen molar-refractivity contribution in [2.45, 2.75) is 0 Å². The molecule has 0 aliphatic carbocycles. The van der Waals surface area contributed by atoms with Gasteiger partial charge in [-0.2, -0.15) is 0 Å². The average molecular weight is 542 g/mol. The fourth-order valence-electron chi connectivity index (χ4n) is 3.34. The summed E-state index contributed by atoms with van der Waals surface area (Å²) in [5.41, 5.74) is 1.64. The number of fused-ring (bicyclic) bond motifs is 1. The lowest BCUT2D eigenvalue weighted by atomic mass is 10.0. The van der Waals surface area contributed by atoms with E-state index in [2.05, 4.69) is 0 Å². The van der Waals surface area contributed by atoms with Crippen molar-refractivity contribution in [2.75, 3.05) is 48.6 Å². The largest absolute Gasteiger partial charge is 0.545 e. The van der Waals surface area contributed by atoms with Gasteiger partial charge in [0.05, 0.1) is 53.0 Å². The van der Waals surface area contributed by atoms with E-state index in [0.29, 0.717) is 52.5 Å². The molecule has 1 heterocycles.